The standard InChI is InChI=1S/C23H26N2O8S/c1-6-10-32-15-9-8-14(11-16(15)30-5)22(28)33-12-17(26)25-21-18(23(29)31-7-2)13(3)19(34-21)20(27)24-4/h6,8-9,11H,1,7,10,12H2,2-5H3,(H,24,27)(H,25,26). The van der Waals surface area contributed by atoms with Crippen molar-refractivity contribution in [1.29, 1.82) is 0 Å². The lowest BCUT2D eigenvalue weighted by atomic mass is 10.1. The molecule has 0 aliphatic rings. The van der Waals surface area contributed by atoms with Gasteiger partial charge in [0.05, 0.1) is 29.7 Å². The van der Waals surface area contributed by atoms with Crippen molar-refractivity contribution in [3.8, 4) is 11.5 Å². The van der Waals surface area contributed by atoms with Crippen molar-refractivity contribution in [2.75, 3.05) is 39.3 Å². The Morgan fingerprint density at radius 3 is 2.47 bits per heavy atom. The van der Waals surface area contributed by atoms with Gasteiger partial charge in [-0.3, -0.25) is 9.59 Å². The second kappa shape index (κ2) is 12.4. The fourth-order valence-electron chi connectivity index (χ4n) is 2.82. The number of thiophene rings is 1. The number of carbonyl (C=O) groups excluding carboxylic acids is 4. The molecule has 0 radical (unpaired) electrons. The summed E-state index contributed by atoms with van der Waals surface area (Å²) in [5.74, 6) is -1.80. The second-order valence-corrected chi connectivity index (χ2v) is 7.67. The first kappa shape index (κ1) is 26.4. The van der Waals surface area contributed by atoms with Crippen molar-refractivity contribution < 1.29 is 38.1 Å². The molecule has 11 heteroatoms. The van der Waals surface area contributed by atoms with Crippen LogP contribution in [0.1, 0.15) is 42.9 Å². The Balaban J connectivity index is 2.12. The first-order valence-corrected chi connectivity index (χ1v) is 11.0. The highest BCUT2D eigenvalue weighted by Gasteiger charge is 2.26. The molecule has 1 aromatic heterocycles. The lowest BCUT2D eigenvalue weighted by Gasteiger charge is -2.11. The van der Waals surface area contributed by atoms with Gasteiger partial charge in [-0.2, -0.15) is 0 Å². The molecule has 1 heterocycles. The highest BCUT2D eigenvalue weighted by Crippen LogP contribution is 2.34. The van der Waals surface area contributed by atoms with Crippen LogP contribution in [-0.2, 0) is 14.3 Å². The molecule has 0 saturated heterocycles. The molecular weight excluding hydrogens is 464 g/mol. The van der Waals surface area contributed by atoms with E-state index in [2.05, 4.69) is 17.2 Å². The summed E-state index contributed by atoms with van der Waals surface area (Å²) >= 11 is 0.922. The van der Waals surface area contributed by atoms with Gasteiger partial charge in [-0.05, 0) is 37.6 Å². The van der Waals surface area contributed by atoms with E-state index in [-0.39, 0.29) is 34.2 Å². The summed E-state index contributed by atoms with van der Waals surface area (Å²) in [4.78, 5) is 49.6. The molecule has 2 rings (SSSR count). The van der Waals surface area contributed by atoms with Gasteiger partial charge in [0.2, 0.25) is 0 Å². The molecule has 0 aliphatic carbocycles. The largest absolute Gasteiger partial charge is 0.493 e. The predicted molar refractivity (Wildman–Crippen MR) is 126 cm³/mol. The summed E-state index contributed by atoms with van der Waals surface area (Å²) in [6, 6.07) is 4.44. The minimum absolute atomic E-state index is 0.0741. The summed E-state index contributed by atoms with van der Waals surface area (Å²) in [6.07, 6.45) is 1.57. The molecule has 0 aliphatic heterocycles. The number of amides is 2. The van der Waals surface area contributed by atoms with Crippen molar-refractivity contribution >= 4 is 40.1 Å². The van der Waals surface area contributed by atoms with Gasteiger partial charge in [-0.15, -0.1) is 11.3 Å². The average Bonchev–Trinajstić information content (AvgIpc) is 3.16. The summed E-state index contributed by atoms with van der Waals surface area (Å²) in [5.41, 5.74) is 0.600. The van der Waals surface area contributed by atoms with Crippen LogP contribution in [-0.4, -0.2) is 57.7 Å². The molecule has 10 nitrogen and oxygen atoms in total. The van der Waals surface area contributed by atoms with Crippen LogP contribution >= 0.6 is 11.3 Å². The van der Waals surface area contributed by atoms with Gasteiger partial charge in [0.15, 0.2) is 18.1 Å². The number of hydrogen-bond donors (Lipinski definition) is 2. The molecule has 1 aromatic carbocycles. The molecule has 0 bridgehead atoms. The summed E-state index contributed by atoms with van der Waals surface area (Å²) in [7, 11) is 2.88. The Bertz CT molecular complexity index is 1090. The Labute approximate surface area is 200 Å². The zero-order valence-electron chi connectivity index (χ0n) is 19.3. The monoisotopic (exact) mass is 490 g/mol. The number of hydrogen-bond acceptors (Lipinski definition) is 9. The van der Waals surface area contributed by atoms with E-state index < -0.39 is 30.4 Å². The van der Waals surface area contributed by atoms with E-state index in [4.69, 9.17) is 18.9 Å². The van der Waals surface area contributed by atoms with Gasteiger partial charge in [0, 0.05) is 7.05 Å². The van der Waals surface area contributed by atoms with Gasteiger partial charge in [0.25, 0.3) is 11.8 Å². The molecule has 34 heavy (non-hydrogen) atoms. The van der Waals surface area contributed by atoms with Gasteiger partial charge in [-0.25, -0.2) is 9.59 Å². The molecule has 0 unspecified atom stereocenters. The zero-order valence-corrected chi connectivity index (χ0v) is 20.1. The maximum Gasteiger partial charge on any atom is 0.341 e. The third-order valence-corrected chi connectivity index (χ3v) is 5.61. The number of anilines is 1. The molecule has 2 amide bonds. The summed E-state index contributed by atoms with van der Waals surface area (Å²) in [6.45, 7) is 6.56. The second-order valence-electron chi connectivity index (χ2n) is 6.65. The highest BCUT2D eigenvalue weighted by atomic mass is 32.1. The van der Waals surface area contributed by atoms with Crippen LogP contribution in [0.15, 0.2) is 30.9 Å². The predicted octanol–water partition coefficient (Wildman–Crippen LogP) is 2.96. The van der Waals surface area contributed by atoms with E-state index in [1.165, 1.54) is 26.3 Å². The average molecular weight is 491 g/mol. The van der Waals surface area contributed by atoms with E-state index in [1.54, 1.807) is 26.0 Å². The van der Waals surface area contributed by atoms with Gasteiger partial charge >= 0.3 is 11.9 Å². The van der Waals surface area contributed by atoms with E-state index >= 15 is 0 Å². The van der Waals surface area contributed by atoms with E-state index in [0.717, 1.165) is 11.3 Å². The minimum atomic E-state index is -0.761. The van der Waals surface area contributed by atoms with Crippen LogP contribution in [0.25, 0.3) is 0 Å². The van der Waals surface area contributed by atoms with Crippen molar-refractivity contribution in [2.24, 2.45) is 0 Å². The normalized spacial score (nSPS) is 10.1. The maximum atomic E-state index is 12.4. The summed E-state index contributed by atoms with van der Waals surface area (Å²) < 4.78 is 20.8. The van der Waals surface area contributed by atoms with Crippen molar-refractivity contribution in [1.82, 2.24) is 5.32 Å². The first-order chi connectivity index (χ1) is 16.3. The van der Waals surface area contributed by atoms with Crippen LogP contribution in [0.4, 0.5) is 5.00 Å². The Morgan fingerprint density at radius 2 is 1.85 bits per heavy atom. The van der Waals surface area contributed by atoms with Crippen molar-refractivity contribution in [2.45, 2.75) is 13.8 Å². The number of methoxy groups -OCH3 is 1. The molecule has 2 aromatic rings. The number of carbonyl (C=O) groups is 4. The highest BCUT2D eigenvalue weighted by molar-refractivity contribution is 7.18. The number of rotatable bonds is 11. The van der Waals surface area contributed by atoms with Crippen LogP contribution in [0, 0.1) is 6.92 Å². The lowest BCUT2D eigenvalue weighted by Crippen LogP contribution is -2.21. The molecular formula is C23H26N2O8S. The van der Waals surface area contributed by atoms with Gasteiger partial charge in [0.1, 0.15) is 11.6 Å². The molecule has 0 saturated carbocycles. The smallest absolute Gasteiger partial charge is 0.341 e. The van der Waals surface area contributed by atoms with E-state index in [1.807, 2.05) is 0 Å². The number of nitrogens with one attached hydrogen (secondary N) is 2. The van der Waals surface area contributed by atoms with Gasteiger partial charge < -0.3 is 29.6 Å². The summed E-state index contributed by atoms with van der Waals surface area (Å²) in [5, 5.41) is 5.13. The fourth-order valence-corrected chi connectivity index (χ4v) is 3.98. The van der Waals surface area contributed by atoms with Gasteiger partial charge in [-0.1, -0.05) is 12.7 Å². The molecule has 2 N–H and O–H groups in total. The first-order valence-electron chi connectivity index (χ1n) is 10.2. The van der Waals surface area contributed by atoms with Crippen molar-refractivity contribution in [3.63, 3.8) is 0 Å². The quantitative estimate of drug-likeness (QED) is 0.363. The van der Waals surface area contributed by atoms with Crippen LogP contribution in [0.3, 0.4) is 0 Å². The molecule has 0 atom stereocenters. The Kier molecular flexibility index (Phi) is 9.62. The molecule has 0 fully saturated rings. The third-order valence-electron chi connectivity index (χ3n) is 4.40. The number of benzene rings is 1. The van der Waals surface area contributed by atoms with Crippen LogP contribution in [0.5, 0.6) is 11.5 Å². The van der Waals surface area contributed by atoms with E-state index in [0.29, 0.717) is 17.1 Å². The SMILES string of the molecule is C=CCOc1ccc(C(=O)OCC(=O)Nc2sc(C(=O)NC)c(C)c2C(=O)OCC)cc1OC. The Morgan fingerprint density at radius 1 is 1.12 bits per heavy atom. The molecule has 0 spiro atoms. The number of ether oxygens (including phenoxy) is 4. The van der Waals surface area contributed by atoms with Crippen LogP contribution < -0.4 is 20.1 Å². The topological polar surface area (TPSA) is 129 Å². The van der Waals surface area contributed by atoms with Crippen LogP contribution in [0.2, 0.25) is 0 Å². The number of esters is 2. The molecule has 182 valence electrons. The van der Waals surface area contributed by atoms with E-state index in [9.17, 15) is 19.2 Å². The third kappa shape index (κ3) is 6.35. The maximum absolute atomic E-state index is 12.4. The Hall–Kier alpha value is -3.86. The lowest BCUT2D eigenvalue weighted by molar-refractivity contribution is -0.119. The van der Waals surface area contributed by atoms with Crippen molar-refractivity contribution in [3.05, 3.63) is 52.4 Å². The fraction of sp³-hybridized carbons (Fsp3) is 0.304. The minimum Gasteiger partial charge on any atom is -0.493 e. The zero-order chi connectivity index (χ0) is 25.3.